The molecule has 0 unspecified atom stereocenters. The number of amides is 1. The van der Waals surface area contributed by atoms with E-state index in [4.69, 9.17) is 0 Å². The van der Waals surface area contributed by atoms with Gasteiger partial charge in [0.25, 0.3) is 0 Å². The molecule has 0 heterocycles. The van der Waals surface area contributed by atoms with Crippen LogP contribution in [-0.2, 0) is 21.2 Å². The fourth-order valence-electron chi connectivity index (χ4n) is 2.99. The largest absolute Gasteiger partial charge is 0.325 e. The molecule has 0 saturated carbocycles. The zero-order chi connectivity index (χ0) is 20.7. The molecule has 0 aliphatic heterocycles. The molecule has 150 valence electrons. The van der Waals surface area contributed by atoms with Crippen molar-refractivity contribution in [2.24, 2.45) is 0 Å². The second-order valence-corrected chi connectivity index (χ2v) is 8.69. The van der Waals surface area contributed by atoms with Gasteiger partial charge in [0, 0.05) is 12.2 Å². The molecule has 29 heavy (non-hydrogen) atoms. The Kier molecular flexibility index (Phi) is 6.80. The Hall–Kier alpha value is -2.96. The summed E-state index contributed by atoms with van der Waals surface area (Å²) in [4.78, 5) is 12.8. The molecule has 0 aromatic heterocycles. The summed E-state index contributed by atoms with van der Waals surface area (Å²) >= 11 is 0. The number of para-hydroxylation sites is 1. The quantitative estimate of drug-likeness (QED) is 0.615. The van der Waals surface area contributed by atoms with Gasteiger partial charge in [-0.05, 0) is 42.7 Å². The molecule has 5 nitrogen and oxygen atoms in total. The lowest BCUT2D eigenvalue weighted by Crippen LogP contribution is -2.39. The van der Waals surface area contributed by atoms with Gasteiger partial charge in [-0.25, -0.2) is 8.42 Å². The number of rotatable bonds is 8. The number of nitrogens with zero attached hydrogens (tertiary/aromatic N) is 1. The third-order valence-electron chi connectivity index (χ3n) is 4.61. The Bertz CT molecular complexity index is 1050. The maximum atomic E-state index is 13.2. The van der Waals surface area contributed by atoms with E-state index in [-0.39, 0.29) is 23.9 Å². The number of carbonyl (C=O) groups excluding carboxylic acids is 1. The molecule has 0 aliphatic rings. The standard InChI is InChI=1S/C23H24N2O3S/c1-19-10-8-9-15-22(19)24-23(26)18-25(17-16-20-11-4-2-5-12-20)29(27,28)21-13-6-3-7-14-21/h2-15H,16-18H2,1H3,(H,24,26). The zero-order valence-electron chi connectivity index (χ0n) is 16.3. The Morgan fingerprint density at radius 1 is 0.862 bits per heavy atom. The summed E-state index contributed by atoms with van der Waals surface area (Å²) in [7, 11) is -3.80. The van der Waals surface area contributed by atoms with Crippen LogP contribution in [0.4, 0.5) is 5.69 Å². The molecule has 0 radical (unpaired) electrons. The molecule has 0 aliphatic carbocycles. The minimum absolute atomic E-state index is 0.178. The molecule has 0 spiro atoms. The molecule has 0 fully saturated rings. The lowest BCUT2D eigenvalue weighted by Gasteiger charge is -2.22. The lowest BCUT2D eigenvalue weighted by atomic mass is 10.1. The van der Waals surface area contributed by atoms with E-state index in [1.165, 1.54) is 4.31 Å². The third-order valence-corrected chi connectivity index (χ3v) is 6.47. The molecule has 3 aromatic carbocycles. The number of hydrogen-bond acceptors (Lipinski definition) is 3. The van der Waals surface area contributed by atoms with Crippen LogP contribution in [0.3, 0.4) is 0 Å². The summed E-state index contributed by atoms with van der Waals surface area (Å²) in [6.45, 7) is 1.85. The average molecular weight is 409 g/mol. The van der Waals surface area contributed by atoms with Crippen molar-refractivity contribution in [1.82, 2.24) is 4.31 Å². The molecule has 3 rings (SSSR count). The summed E-state index contributed by atoms with van der Waals surface area (Å²) < 4.78 is 27.5. The van der Waals surface area contributed by atoms with Gasteiger partial charge in [0.1, 0.15) is 0 Å². The van der Waals surface area contributed by atoms with Crippen LogP contribution in [0.15, 0.2) is 89.8 Å². The van der Waals surface area contributed by atoms with Crippen LogP contribution in [0.1, 0.15) is 11.1 Å². The lowest BCUT2D eigenvalue weighted by molar-refractivity contribution is -0.116. The van der Waals surface area contributed by atoms with Gasteiger partial charge in [-0.3, -0.25) is 4.79 Å². The van der Waals surface area contributed by atoms with Crippen LogP contribution in [0.25, 0.3) is 0 Å². The topological polar surface area (TPSA) is 66.5 Å². The molecule has 0 atom stereocenters. The number of carbonyl (C=O) groups is 1. The van der Waals surface area contributed by atoms with Gasteiger partial charge in [-0.1, -0.05) is 66.7 Å². The minimum atomic E-state index is -3.80. The van der Waals surface area contributed by atoms with E-state index >= 15 is 0 Å². The number of anilines is 1. The zero-order valence-corrected chi connectivity index (χ0v) is 17.1. The predicted octanol–water partition coefficient (Wildman–Crippen LogP) is 3.87. The van der Waals surface area contributed by atoms with E-state index in [0.29, 0.717) is 12.1 Å². The fraction of sp³-hybridized carbons (Fsp3) is 0.174. The summed E-state index contributed by atoms with van der Waals surface area (Å²) in [5.74, 6) is -0.369. The van der Waals surface area contributed by atoms with Gasteiger partial charge in [0.15, 0.2) is 0 Å². The van der Waals surface area contributed by atoms with Crippen molar-refractivity contribution in [1.29, 1.82) is 0 Å². The second-order valence-electron chi connectivity index (χ2n) is 6.75. The van der Waals surface area contributed by atoms with Crippen LogP contribution in [0.5, 0.6) is 0 Å². The minimum Gasteiger partial charge on any atom is -0.325 e. The Labute approximate surface area is 172 Å². The number of benzene rings is 3. The Morgan fingerprint density at radius 2 is 1.45 bits per heavy atom. The maximum Gasteiger partial charge on any atom is 0.243 e. The van der Waals surface area contributed by atoms with Crippen molar-refractivity contribution >= 4 is 21.6 Å². The van der Waals surface area contributed by atoms with E-state index in [1.807, 2.05) is 55.5 Å². The normalized spacial score (nSPS) is 11.4. The highest BCUT2D eigenvalue weighted by Gasteiger charge is 2.26. The molecule has 6 heteroatoms. The van der Waals surface area contributed by atoms with Crippen molar-refractivity contribution in [3.8, 4) is 0 Å². The number of sulfonamides is 1. The van der Waals surface area contributed by atoms with Gasteiger partial charge in [0.05, 0.1) is 11.4 Å². The predicted molar refractivity (Wildman–Crippen MR) is 115 cm³/mol. The van der Waals surface area contributed by atoms with Gasteiger partial charge in [0.2, 0.25) is 15.9 Å². The molecular formula is C23H24N2O3S. The first-order valence-electron chi connectivity index (χ1n) is 9.41. The SMILES string of the molecule is Cc1ccccc1NC(=O)CN(CCc1ccccc1)S(=O)(=O)c1ccccc1. The second kappa shape index (κ2) is 9.49. The summed E-state index contributed by atoms with van der Waals surface area (Å²) in [5, 5.41) is 2.82. The van der Waals surface area contributed by atoms with Gasteiger partial charge < -0.3 is 5.32 Å². The average Bonchev–Trinajstić information content (AvgIpc) is 2.74. The van der Waals surface area contributed by atoms with Crippen molar-refractivity contribution < 1.29 is 13.2 Å². The monoisotopic (exact) mass is 408 g/mol. The molecule has 0 saturated heterocycles. The van der Waals surface area contributed by atoms with Crippen LogP contribution < -0.4 is 5.32 Å². The third kappa shape index (κ3) is 5.53. The van der Waals surface area contributed by atoms with E-state index in [9.17, 15) is 13.2 Å². The maximum absolute atomic E-state index is 13.2. The highest BCUT2D eigenvalue weighted by atomic mass is 32.2. The first kappa shape index (κ1) is 20.8. The summed E-state index contributed by atoms with van der Waals surface area (Å²) in [6.07, 6.45) is 0.518. The Morgan fingerprint density at radius 3 is 2.10 bits per heavy atom. The molecule has 1 N–H and O–H groups in total. The van der Waals surface area contributed by atoms with E-state index in [0.717, 1.165) is 11.1 Å². The summed E-state index contributed by atoms with van der Waals surface area (Å²) in [6, 6.07) is 25.2. The molecule has 3 aromatic rings. The fourth-order valence-corrected chi connectivity index (χ4v) is 4.41. The highest BCUT2D eigenvalue weighted by molar-refractivity contribution is 7.89. The molecular weight excluding hydrogens is 384 g/mol. The van der Waals surface area contributed by atoms with Crippen molar-refractivity contribution in [2.45, 2.75) is 18.2 Å². The first-order chi connectivity index (χ1) is 14.0. The number of hydrogen-bond donors (Lipinski definition) is 1. The van der Waals surface area contributed by atoms with Crippen LogP contribution in [0.2, 0.25) is 0 Å². The van der Waals surface area contributed by atoms with Crippen LogP contribution >= 0.6 is 0 Å². The molecule has 1 amide bonds. The Balaban J connectivity index is 1.80. The van der Waals surface area contributed by atoms with Crippen LogP contribution in [-0.4, -0.2) is 31.7 Å². The van der Waals surface area contributed by atoms with Crippen LogP contribution in [0, 0.1) is 6.92 Å². The van der Waals surface area contributed by atoms with E-state index in [2.05, 4.69) is 5.32 Å². The molecule has 0 bridgehead atoms. The van der Waals surface area contributed by atoms with Gasteiger partial charge in [-0.2, -0.15) is 4.31 Å². The van der Waals surface area contributed by atoms with Gasteiger partial charge >= 0.3 is 0 Å². The summed E-state index contributed by atoms with van der Waals surface area (Å²) in [5.41, 5.74) is 2.61. The van der Waals surface area contributed by atoms with Gasteiger partial charge in [-0.15, -0.1) is 0 Å². The number of nitrogens with one attached hydrogen (secondary N) is 1. The van der Waals surface area contributed by atoms with Crippen molar-refractivity contribution in [2.75, 3.05) is 18.4 Å². The number of aryl methyl sites for hydroxylation is 1. The van der Waals surface area contributed by atoms with E-state index in [1.54, 1.807) is 36.4 Å². The highest BCUT2D eigenvalue weighted by Crippen LogP contribution is 2.17. The van der Waals surface area contributed by atoms with E-state index < -0.39 is 10.0 Å². The van der Waals surface area contributed by atoms with Crippen molar-refractivity contribution in [3.05, 3.63) is 96.1 Å². The smallest absolute Gasteiger partial charge is 0.243 e. The van der Waals surface area contributed by atoms with Crippen molar-refractivity contribution in [3.63, 3.8) is 0 Å². The first-order valence-corrected chi connectivity index (χ1v) is 10.9.